The van der Waals surface area contributed by atoms with Gasteiger partial charge in [0.15, 0.2) is 0 Å². The van der Waals surface area contributed by atoms with E-state index in [-0.39, 0.29) is 23.7 Å². The summed E-state index contributed by atoms with van der Waals surface area (Å²) in [7, 11) is 1.61. The second kappa shape index (κ2) is 6.22. The minimum atomic E-state index is -0.168. The van der Waals surface area contributed by atoms with Gasteiger partial charge in [-0.05, 0) is 37.1 Å². The number of rotatable bonds is 5. The van der Waals surface area contributed by atoms with Crippen LogP contribution in [0, 0.1) is 11.8 Å². The maximum atomic E-state index is 12.3. The number of hydrogen-bond acceptors (Lipinski definition) is 4. The Bertz CT molecular complexity index is 567. The van der Waals surface area contributed by atoms with E-state index < -0.39 is 0 Å². The fourth-order valence-corrected chi connectivity index (χ4v) is 3.02. The number of allylic oxidation sites excluding steroid dienone is 2. The van der Waals surface area contributed by atoms with Gasteiger partial charge >= 0.3 is 0 Å². The molecule has 0 aromatic heterocycles. The summed E-state index contributed by atoms with van der Waals surface area (Å²) in [6, 6.07) is 7.22. The maximum Gasteiger partial charge on any atom is 0.233 e. The fraction of sp³-hybridized carbons (Fsp3) is 0.412. The van der Waals surface area contributed by atoms with Gasteiger partial charge in [0.25, 0.3) is 0 Å². The van der Waals surface area contributed by atoms with Gasteiger partial charge in [0, 0.05) is 0 Å². The first-order valence-corrected chi connectivity index (χ1v) is 7.48. The third kappa shape index (κ3) is 2.71. The monoisotopic (exact) mass is 301 g/mol. The molecule has 2 amide bonds. The number of amides is 2. The second-order valence-electron chi connectivity index (χ2n) is 5.51. The van der Waals surface area contributed by atoms with Crippen LogP contribution in [0.15, 0.2) is 36.4 Å². The topological polar surface area (TPSA) is 55.8 Å². The van der Waals surface area contributed by atoms with Crippen molar-refractivity contribution in [3.8, 4) is 11.5 Å². The highest BCUT2D eigenvalue weighted by molar-refractivity contribution is 6.05. The number of likely N-dealkylation sites (tertiary alicyclic amines) is 1. The summed E-state index contributed by atoms with van der Waals surface area (Å²) in [4.78, 5) is 25.9. The van der Waals surface area contributed by atoms with Crippen molar-refractivity contribution in [2.75, 3.05) is 20.3 Å². The molecule has 2 unspecified atom stereocenters. The molecule has 5 nitrogen and oxygen atoms in total. The van der Waals surface area contributed by atoms with E-state index >= 15 is 0 Å². The maximum absolute atomic E-state index is 12.3. The molecule has 1 heterocycles. The minimum absolute atomic E-state index is 0.0577. The lowest BCUT2D eigenvalue weighted by atomic mass is 9.85. The Morgan fingerprint density at radius 2 is 1.55 bits per heavy atom. The van der Waals surface area contributed by atoms with Gasteiger partial charge in [-0.3, -0.25) is 14.5 Å². The lowest BCUT2D eigenvalue weighted by Gasteiger charge is -2.15. The normalized spacial score (nSPS) is 23.6. The van der Waals surface area contributed by atoms with Crippen molar-refractivity contribution in [2.24, 2.45) is 11.8 Å². The average molecular weight is 301 g/mol. The van der Waals surface area contributed by atoms with E-state index in [2.05, 4.69) is 0 Å². The molecular weight excluding hydrogens is 282 g/mol. The van der Waals surface area contributed by atoms with Crippen LogP contribution in [0.4, 0.5) is 0 Å². The molecule has 0 saturated carbocycles. The number of hydrogen-bond donors (Lipinski definition) is 0. The first kappa shape index (κ1) is 14.6. The van der Waals surface area contributed by atoms with E-state index in [9.17, 15) is 9.59 Å². The van der Waals surface area contributed by atoms with Gasteiger partial charge in [-0.1, -0.05) is 12.2 Å². The molecule has 1 aliphatic carbocycles. The molecule has 1 fully saturated rings. The van der Waals surface area contributed by atoms with Crippen molar-refractivity contribution >= 4 is 11.8 Å². The molecule has 22 heavy (non-hydrogen) atoms. The molecule has 2 atom stereocenters. The van der Waals surface area contributed by atoms with Gasteiger partial charge < -0.3 is 9.47 Å². The number of nitrogens with zero attached hydrogens (tertiary/aromatic N) is 1. The van der Waals surface area contributed by atoms with Gasteiger partial charge in [-0.2, -0.15) is 0 Å². The fourth-order valence-electron chi connectivity index (χ4n) is 3.02. The van der Waals surface area contributed by atoms with Gasteiger partial charge in [-0.15, -0.1) is 0 Å². The molecule has 0 N–H and O–H groups in total. The Morgan fingerprint density at radius 1 is 1.00 bits per heavy atom. The van der Waals surface area contributed by atoms with Crippen LogP contribution in [0.2, 0.25) is 0 Å². The average Bonchev–Trinajstić information content (AvgIpc) is 2.81. The molecule has 1 aliphatic heterocycles. The van der Waals surface area contributed by atoms with Crippen LogP contribution in [-0.2, 0) is 9.59 Å². The van der Waals surface area contributed by atoms with E-state index in [0.29, 0.717) is 31.7 Å². The summed E-state index contributed by atoms with van der Waals surface area (Å²) in [5, 5.41) is 0. The van der Waals surface area contributed by atoms with Crippen molar-refractivity contribution in [2.45, 2.75) is 12.8 Å². The molecule has 0 radical (unpaired) electrons. The number of carbonyl (C=O) groups excluding carboxylic acids is 2. The molecule has 1 aromatic rings. The molecule has 0 bridgehead atoms. The molecule has 2 aliphatic rings. The quantitative estimate of drug-likeness (QED) is 0.617. The lowest BCUT2D eigenvalue weighted by molar-refractivity contribution is -0.140. The molecule has 0 spiro atoms. The highest BCUT2D eigenvalue weighted by Crippen LogP contribution is 2.34. The summed E-state index contributed by atoms with van der Waals surface area (Å²) in [6.45, 7) is 0.605. The van der Waals surface area contributed by atoms with Crippen LogP contribution in [0.25, 0.3) is 0 Å². The first-order valence-electron chi connectivity index (χ1n) is 7.48. The predicted octanol–water partition coefficient (Wildman–Crippen LogP) is 2.03. The van der Waals surface area contributed by atoms with Gasteiger partial charge in [0.05, 0.1) is 25.5 Å². The van der Waals surface area contributed by atoms with E-state index in [1.54, 1.807) is 19.2 Å². The number of fused-ring (bicyclic) bond motifs is 1. The van der Waals surface area contributed by atoms with Crippen LogP contribution in [0.1, 0.15) is 12.8 Å². The third-order valence-electron chi connectivity index (χ3n) is 4.24. The van der Waals surface area contributed by atoms with Crippen LogP contribution in [-0.4, -0.2) is 37.0 Å². The van der Waals surface area contributed by atoms with Crippen molar-refractivity contribution in [1.82, 2.24) is 4.90 Å². The van der Waals surface area contributed by atoms with Gasteiger partial charge in [0.2, 0.25) is 11.8 Å². The number of methoxy groups -OCH3 is 1. The first-order chi connectivity index (χ1) is 10.7. The van der Waals surface area contributed by atoms with Crippen LogP contribution >= 0.6 is 0 Å². The molecule has 1 aromatic carbocycles. The summed E-state index contributed by atoms with van der Waals surface area (Å²) in [6.07, 6.45) is 5.32. The predicted molar refractivity (Wildman–Crippen MR) is 80.6 cm³/mol. The Kier molecular flexibility index (Phi) is 4.13. The third-order valence-corrected chi connectivity index (χ3v) is 4.24. The smallest absolute Gasteiger partial charge is 0.233 e. The van der Waals surface area contributed by atoms with Gasteiger partial charge in [-0.25, -0.2) is 0 Å². The highest BCUT2D eigenvalue weighted by Gasteiger charge is 2.46. The Labute approximate surface area is 129 Å². The largest absolute Gasteiger partial charge is 0.497 e. The van der Waals surface area contributed by atoms with Crippen molar-refractivity contribution in [1.29, 1.82) is 0 Å². The number of ether oxygens (including phenoxy) is 2. The summed E-state index contributed by atoms with van der Waals surface area (Å²) in [5.41, 5.74) is 0. The minimum Gasteiger partial charge on any atom is -0.497 e. The van der Waals surface area contributed by atoms with E-state index in [1.165, 1.54) is 4.90 Å². The van der Waals surface area contributed by atoms with Crippen LogP contribution in [0.3, 0.4) is 0 Å². The SMILES string of the molecule is COc1ccc(OCCN2C(=O)C3CC=CCC3C2=O)cc1. The van der Waals surface area contributed by atoms with Crippen molar-refractivity contribution < 1.29 is 19.1 Å². The lowest BCUT2D eigenvalue weighted by Crippen LogP contribution is -2.34. The molecule has 116 valence electrons. The van der Waals surface area contributed by atoms with Crippen LogP contribution in [0.5, 0.6) is 11.5 Å². The highest BCUT2D eigenvalue weighted by atomic mass is 16.5. The van der Waals surface area contributed by atoms with E-state index in [1.807, 2.05) is 24.3 Å². The zero-order valence-corrected chi connectivity index (χ0v) is 12.5. The standard InChI is InChI=1S/C17H19NO4/c1-21-12-6-8-13(9-7-12)22-11-10-18-16(19)14-4-2-3-5-15(14)17(18)20/h2-3,6-9,14-15H,4-5,10-11H2,1H3. The Morgan fingerprint density at radius 3 is 2.09 bits per heavy atom. The second-order valence-corrected chi connectivity index (χ2v) is 5.51. The zero-order valence-electron chi connectivity index (χ0n) is 12.5. The van der Waals surface area contributed by atoms with E-state index in [4.69, 9.17) is 9.47 Å². The molecular formula is C17H19NO4. The Hall–Kier alpha value is -2.30. The van der Waals surface area contributed by atoms with Crippen molar-refractivity contribution in [3.05, 3.63) is 36.4 Å². The number of imide groups is 1. The molecule has 3 rings (SSSR count). The molecule has 1 saturated heterocycles. The number of benzene rings is 1. The Balaban J connectivity index is 1.55. The van der Waals surface area contributed by atoms with Gasteiger partial charge in [0.1, 0.15) is 18.1 Å². The molecule has 5 heteroatoms. The summed E-state index contributed by atoms with van der Waals surface area (Å²) >= 11 is 0. The van der Waals surface area contributed by atoms with E-state index in [0.717, 1.165) is 5.75 Å². The zero-order chi connectivity index (χ0) is 15.5. The summed E-state index contributed by atoms with van der Waals surface area (Å²) < 4.78 is 10.7. The number of carbonyl (C=O) groups is 2. The summed E-state index contributed by atoms with van der Waals surface area (Å²) in [5.74, 6) is 1.00. The van der Waals surface area contributed by atoms with Crippen LogP contribution < -0.4 is 9.47 Å². The van der Waals surface area contributed by atoms with Crippen molar-refractivity contribution in [3.63, 3.8) is 0 Å².